The van der Waals surface area contributed by atoms with Gasteiger partial charge in [-0.2, -0.15) is 4.39 Å². The second kappa shape index (κ2) is 2.60. The van der Waals surface area contributed by atoms with Crippen LogP contribution in [0.1, 0.15) is 10.4 Å². The van der Waals surface area contributed by atoms with Crippen LogP contribution in [0, 0.1) is 5.95 Å². The molecule has 0 saturated heterocycles. The predicted octanol–water partition coefficient (Wildman–Crippen LogP) is -0.173. The number of aldehydes is 1. The molecule has 0 fully saturated rings. The fourth-order valence-electron chi connectivity index (χ4n) is 0.565. The van der Waals surface area contributed by atoms with Crippen molar-refractivity contribution in [3.05, 3.63) is 23.8 Å². The van der Waals surface area contributed by atoms with E-state index in [9.17, 15) is 9.18 Å². The van der Waals surface area contributed by atoms with Crippen LogP contribution >= 0.6 is 0 Å². The molecule has 2 radical (unpaired) electrons. The van der Waals surface area contributed by atoms with Gasteiger partial charge in [0.05, 0.1) is 5.56 Å². The fourth-order valence-corrected chi connectivity index (χ4v) is 0.565. The van der Waals surface area contributed by atoms with Crippen molar-refractivity contribution in [3.8, 4) is 0 Å². The minimum absolute atomic E-state index is 0.111. The van der Waals surface area contributed by atoms with Crippen LogP contribution in [-0.2, 0) is 0 Å². The van der Waals surface area contributed by atoms with Gasteiger partial charge in [0.2, 0.25) is 5.95 Å². The molecule has 0 aliphatic heterocycles. The molecule has 0 aromatic carbocycles. The Bertz CT molecular complexity index is 264. The smallest absolute Gasteiger partial charge is 0.223 e. The van der Waals surface area contributed by atoms with Gasteiger partial charge in [0.25, 0.3) is 0 Å². The summed E-state index contributed by atoms with van der Waals surface area (Å²) in [4.78, 5) is 13.3. The van der Waals surface area contributed by atoms with Crippen LogP contribution in [-0.4, -0.2) is 19.1 Å². The number of hydrogen-bond acceptors (Lipinski definition) is 2. The highest BCUT2D eigenvalue weighted by Crippen LogP contribution is 1.95. The number of carbonyl (C=O) groups excluding carboxylic acids is 1. The Balaban J connectivity index is 3.21. The van der Waals surface area contributed by atoms with Gasteiger partial charge in [0, 0.05) is 6.20 Å². The third kappa shape index (κ3) is 1.21. The van der Waals surface area contributed by atoms with Gasteiger partial charge in [-0.05, 0) is 0 Å². The summed E-state index contributed by atoms with van der Waals surface area (Å²) in [5.74, 6) is -0.788. The maximum atomic E-state index is 12.4. The topological polar surface area (TPSA) is 30.0 Å². The standard InChI is InChI=1S/C6H3BFNO/c7-5-1-4(3-10)6(8)9-2-5/h1-3H. The van der Waals surface area contributed by atoms with E-state index in [1.165, 1.54) is 6.07 Å². The number of pyridine rings is 1. The molecule has 1 aromatic rings. The van der Waals surface area contributed by atoms with E-state index >= 15 is 0 Å². The average molecular weight is 135 g/mol. The molecule has 0 aliphatic carbocycles. The monoisotopic (exact) mass is 135 g/mol. The lowest BCUT2D eigenvalue weighted by Crippen LogP contribution is -2.07. The molecule has 1 heterocycles. The highest BCUT2D eigenvalue weighted by molar-refractivity contribution is 6.32. The molecule has 0 unspecified atom stereocenters. The summed E-state index contributed by atoms with van der Waals surface area (Å²) < 4.78 is 12.4. The number of hydrogen-bond donors (Lipinski definition) is 0. The largest absolute Gasteiger partial charge is 0.298 e. The summed E-state index contributed by atoms with van der Waals surface area (Å²) in [7, 11) is 5.22. The Morgan fingerprint density at radius 1 is 1.70 bits per heavy atom. The molecule has 4 heteroatoms. The van der Waals surface area contributed by atoms with Crippen molar-refractivity contribution in [1.82, 2.24) is 4.98 Å². The molecule has 1 rings (SSSR count). The number of halogens is 1. The highest BCUT2D eigenvalue weighted by atomic mass is 19.1. The van der Waals surface area contributed by atoms with E-state index in [0.29, 0.717) is 6.29 Å². The zero-order valence-electron chi connectivity index (χ0n) is 5.04. The SMILES string of the molecule is [B]c1cnc(F)c(C=O)c1. The first kappa shape index (κ1) is 6.93. The summed E-state index contributed by atoms with van der Waals surface area (Å²) >= 11 is 0. The van der Waals surface area contributed by atoms with E-state index in [-0.39, 0.29) is 11.0 Å². The number of nitrogens with zero attached hydrogens (tertiary/aromatic N) is 1. The summed E-state index contributed by atoms with van der Waals surface area (Å²) in [6.45, 7) is 0. The molecular weight excluding hydrogens is 132 g/mol. The fraction of sp³-hybridized carbons (Fsp3) is 0. The van der Waals surface area contributed by atoms with E-state index in [2.05, 4.69) is 4.98 Å². The van der Waals surface area contributed by atoms with Gasteiger partial charge < -0.3 is 0 Å². The van der Waals surface area contributed by atoms with Crippen LogP contribution in [0.15, 0.2) is 12.3 Å². The first-order chi connectivity index (χ1) is 4.74. The first-order valence-corrected chi connectivity index (χ1v) is 2.60. The summed E-state index contributed by atoms with van der Waals surface area (Å²) in [5, 5.41) is 0. The lowest BCUT2D eigenvalue weighted by molar-refractivity contribution is 0.111. The van der Waals surface area contributed by atoms with Crippen molar-refractivity contribution in [2.75, 3.05) is 0 Å². The average Bonchev–Trinajstić information content (AvgIpc) is 1.94. The van der Waals surface area contributed by atoms with Gasteiger partial charge in [0.15, 0.2) is 6.29 Å². The van der Waals surface area contributed by atoms with Crippen LogP contribution < -0.4 is 5.46 Å². The van der Waals surface area contributed by atoms with Crippen molar-refractivity contribution in [3.63, 3.8) is 0 Å². The van der Waals surface area contributed by atoms with Crippen molar-refractivity contribution >= 4 is 19.6 Å². The Hall–Kier alpha value is -1.19. The van der Waals surface area contributed by atoms with Crippen LogP contribution in [0.4, 0.5) is 4.39 Å². The van der Waals surface area contributed by atoms with E-state index in [1.807, 2.05) is 0 Å². The molecule has 48 valence electrons. The number of aromatic nitrogens is 1. The summed E-state index contributed by atoms with van der Waals surface area (Å²) in [6, 6.07) is 1.23. The Labute approximate surface area is 58.5 Å². The maximum absolute atomic E-state index is 12.4. The quantitative estimate of drug-likeness (QED) is 0.304. The van der Waals surface area contributed by atoms with Crippen molar-refractivity contribution in [2.45, 2.75) is 0 Å². The molecule has 10 heavy (non-hydrogen) atoms. The molecule has 0 atom stereocenters. The third-order valence-corrected chi connectivity index (χ3v) is 1.01. The zero-order valence-corrected chi connectivity index (χ0v) is 5.04. The number of carbonyl (C=O) groups is 1. The Morgan fingerprint density at radius 3 is 2.90 bits per heavy atom. The lowest BCUT2D eigenvalue weighted by atomic mass is 9.97. The van der Waals surface area contributed by atoms with Crippen LogP contribution in [0.3, 0.4) is 0 Å². The Morgan fingerprint density at radius 2 is 2.40 bits per heavy atom. The maximum Gasteiger partial charge on any atom is 0.223 e. The minimum Gasteiger partial charge on any atom is -0.298 e. The van der Waals surface area contributed by atoms with Crippen molar-refractivity contribution in [1.29, 1.82) is 0 Å². The molecule has 0 bridgehead atoms. The van der Waals surface area contributed by atoms with Crippen molar-refractivity contribution in [2.24, 2.45) is 0 Å². The van der Waals surface area contributed by atoms with Gasteiger partial charge >= 0.3 is 0 Å². The van der Waals surface area contributed by atoms with Crippen LogP contribution in [0.25, 0.3) is 0 Å². The molecular formula is C6H3BFNO. The summed E-state index contributed by atoms with van der Waals surface area (Å²) in [5.41, 5.74) is 0.170. The molecule has 0 saturated carbocycles. The van der Waals surface area contributed by atoms with Gasteiger partial charge in [-0.15, -0.1) is 0 Å². The highest BCUT2D eigenvalue weighted by Gasteiger charge is 1.99. The zero-order chi connectivity index (χ0) is 7.56. The van der Waals surface area contributed by atoms with Gasteiger partial charge in [-0.3, -0.25) is 4.79 Å². The van der Waals surface area contributed by atoms with E-state index in [1.54, 1.807) is 0 Å². The predicted molar refractivity (Wildman–Crippen MR) is 35.0 cm³/mol. The second-order valence-electron chi connectivity index (χ2n) is 1.77. The molecule has 0 spiro atoms. The van der Waals surface area contributed by atoms with E-state index < -0.39 is 5.95 Å². The van der Waals surface area contributed by atoms with Crippen LogP contribution in [0.2, 0.25) is 0 Å². The van der Waals surface area contributed by atoms with E-state index in [0.717, 1.165) is 6.20 Å². The summed E-state index contributed by atoms with van der Waals surface area (Å²) in [6.07, 6.45) is 1.53. The van der Waals surface area contributed by atoms with Gasteiger partial charge in [0.1, 0.15) is 7.85 Å². The molecule has 2 nitrogen and oxygen atoms in total. The third-order valence-electron chi connectivity index (χ3n) is 1.01. The first-order valence-electron chi connectivity index (χ1n) is 2.60. The molecule has 0 N–H and O–H groups in total. The van der Waals surface area contributed by atoms with E-state index in [4.69, 9.17) is 7.85 Å². The minimum atomic E-state index is -0.788. The normalized spacial score (nSPS) is 9.30. The van der Waals surface area contributed by atoms with Gasteiger partial charge in [-0.25, -0.2) is 4.98 Å². The van der Waals surface area contributed by atoms with Crippen LogP contribution in [0.5, 0.6) is 0 Å². The molecule has 0 amide bonds. The Kier molecular flexibility index (Phi) is 1.80. The van der Waals surface area contributed by atoms with Gasteiger partial charge in [-0.1, -0.05) is 11.5 Å². The molecule has 0 aliphatic rings. The molecule has 1 aromatic heterocycles. The number of rotatable bonds is 1. The second-order valence-corrected chi connectivity index (χ2v) is 1.77. The van der Waals surface area contributed by atoms with Crippen molar-refractivity contribution < 1.29 is 9.18 Å². The lowest BCUT2D eigenvalue weighted by Gasteiger charge is -1.93.